The number of nitrogens with zero attached hydrogens (tertiary/aromatic N) is 1. The molecule has 0 radical (unpaired) electrons. The van der Waals surface area contributed by atoms with Crippen LogP contribution in [0.3, 0.4) is 0 Å². The molecular weight excluding hydrogens is 232 g/mol. The molecule has 1 aliphatic rings. The Morgan fingerprint density at radius 2 is 2.06 bits per heavy atom. The molecule has 0 aliphatic carbocycles. The molecule has 4 heteroatoms. The first kappa shape index (κ1) is 11.1. The molecule has 0 spiro atoms. The van der Waals surface area contributed by atoms with Crippen molar-refractivity contribution >= 4 is 21.6 Å². The third-order valence-electron chi connectivity index (χ3n) is 3.33. The molecule has 90 valence electrons. The highest BCUT2D eigenvalue weighted by atomic mass is 32.1. The van der Waals surface area contributed by atoms with E-state index in [1.54, 1.807) is 11.3 Å². The first-order valence-electron chi connectivity index (χ1n) is 5.96. The summed E-state index contributed by atoms with van der Waals surface area (Å²) in [6, 6.07) is 8.25. The van der Waals surface area contributed by atoms with Gasteiger partial charge in [0.05, 0.1) is 15.2 Å². The Morgan fingerprint density at radius 3 is 2.82 bits per heavy atom. The normalized spacial score (nSPS) is 19.6. The minimum atomic E-state index is -0.119. The van der Waals surface area contributed by atoms with Gasteiger partial charge in [0.2, 0.25) is 0 Å². The predicted octanol–water partition coefficient (Wildman–Crippen LogP) is 2.35. The number of rotatable bonds is 2. The molecule has 1 saturated heterocycles. The summed E-state index contributed by atoms with van der Waals surface area (Å²) < 4.78 is 6.61. The van der Waals surface area contributed by atoms with Gasteiger partial charge in [-0.25, -0.2) is 4.98 Å². The molecule has 2 heterocycles. The van der Waals surface area contributed by atoms with E-state index in [2.05, 4.69) is 23.2 Å². The van der Waals surface area contributed by atoms with E-state index in [1.165, 1.54) is 4.70 Å². The lowest BCUT2D eigenvalue weighted by molar-refractivity contribution is 0.0533. The summed E-state index contributed by atoms with van der Waals surface area (Å²) in [7, 11) is 0. The van der Waals surface area contributed by atoms with Gasteiger partial charge in [0.1, 0.15) is 0 Å². The van der Waals surface area contributed by atoms with Crippen molar-refractivity contribution in [3.05, 3.63) is 29.3 Å². The molecule has 2 N–H and O–H groups in total. The lowest BCUT2D eigenvalue weighted by Crippen LogP contribution is -2.46. The highest BCUT2D eigenvalue weighted by Crippen LogP contribution is 2.28. The second-order valence-corrected chi connectivity index (χ2v) is 5.84. The molecule has 17 heavy (non-hydrogen) atoms. The Balaban J connectivity index is 1.84. The Hall–Kier alpha value is -0.970. The summed E-state index contributed by atoms with van der Waals surface area (Å²) in [5, 5.41) is 1.15. The maximum Gasteiger partial charge on any atom is 0.0956 e. The summed E-state index contributed by atoms with van der Waals surface area (Å²) in [6.07, 6.45) is 2.74. The smallest absolute Gasteiger partial charge is 0.0956 e. The molecule has 3 nitrogen and oxygen atoms in total. The van der Waals surface area contributed by atoms with Crippen molar-refractivity contribution in [2.24, 2.45) is 5.73 Å². The third kappa shape index (κ3) is 2.34. The van der Waals surface area contributed by atoms with E-state index in [9.17, 15) is 0 Å². The fourth-order valence-electron chi connectivity index (χ4n) is 2.25. The second kappa shape index (κ2) is 4.37. The number of ether oxygens (including phenoxy) is 1. The van der Waals surface area contributed by atoms with Crippen molar-refractivity contribution in [1.29, 1.82) is 0 Å². The monoisotopic (exact) mass is 248 g/mol. The largest absolute Gasteiger partial charge is 0.381 e. The van der Waals surface area contributed by atoms with Gasteiger partial charge in [-0.2, -0.15) is 0 Å². The van der Waals surface area contributed by atoms with Gasteiger partial charge in [-0.15, -0.1) is 11.3 Å². The van der Waals surface area contributed by atoms with Gasteiger partial charge in [0, 0.05) is 25.2 Å². The first-order valence-corrected chi connectivity index (χ1v) is 6.78. The Kier molecular flexibility index (Phi) is 2.86. The number of para-hydroxylation sites is 1. The molecular formula is C13H16N2OS. The summed E-state index contributed by atoms with van der Waals surface area (Å²) in [5.41, 5.74) is 7.37. The number of benzene rings is 1. The zero-order chi connectivity index (χ0) is 11.7. The number of hydrogen-bond donors (Lipinski definition) is 1. The molecule has 0 atom stereocenters. The van der Waals surface area contributed by atoms with E-state index >= 15 is 0 Å². The average Bonchev–Trinajstić information content (AvgIpc) is 2.71. The zero-order valence-electron chi connectivity index (χ0n) is 9.69. The Labute approximate surface area is 105 Å². The molecule has 1 aromatic heterocycles. The van der Waals surface area contributed by atoms with E-state index in [0.29, 0.717) is 0 Å². The van der Waals surface area contributed by atoms with Crippen molar-refractivity contribution in [3.8, 4) is 0 Å². The standard InChI is InChI=1S/C13H16N2OS/c14-13(5-7-16-8-6-13)9-12-15-10-3-1-2-4-11(10)17-12/h1-4H,5-9,14H2. The number of hydrogen-bond acceptors (Lipinski definition) is 4. The molecule has 0 saturated carbocycles. The molecule has 3 rings (SSSR count). The fraction of sp³-hybridized carbons (Fsp3) is 0.462. The van der Waals surface area contributed by atoms with Crippen LogP contribution < -0.4 is 5.73 Å². The number of fused-ring (bicyclic) bond motifs is 1. The van der Waals surface area contributed by atoms with Crippen LogP contribution in [0.5, 0.6) is 0 Å². The van der Waals surface area contributed by atoms with Crippen LogP contribution in [-0.2, 0) is 11.2 Å². The third-order valence-corrected chi connectivity index (χ3v) is 4.37. The summed E-state index contributed by atoms with van der Waals surface area (Å²) in [6.45, 7) is 1.56. The van der Waals surface area contributed by atoms with E-state index in [1.807, 2.05) is 6.07 Å². The summed E-state index contributed by atoms with van der Waals surface area (Å²) >= 11 is 1.76. The minimum Gasteiger partial charge on any atom is -0.381 e. The molecule has 1 aromatic carbocycles. The van der Waals surface area contributed by atoms with Crippen LogP contribution in [0.2, 0.25) is 0 Å². The van der Waals surface area contributed by atoms with Gasteiger partial charge < -0.3 is 10.5 Å². The lowest BCUT2D eigenvalue weighted by atomic mass is 9.88. The zero-order valence-corrected chi connectivity index (χ0v) is 10.5. The van der Waals surface area contributed by atoms with Crippen LogP contribution in [0.15, 0.2) is 24.3 Å². The minimum absolute atomic E-state index is 0.119. The highest BCUT2D eigenvalue weighted by molar-refractivity contribution is 7.18. The van der Waals surface area contributed by atoms with Crippen molar-refractivity contribution in [2.45, 2.75) is 24.8 Å². The summed E-state index contributed by atoms with van der Waals surface area (Å²) in [5.74, 6) is 0. The van der Waals surface area contributed by atoms with Crippen molar-refractivity contribution < 1.29 is 4.74 Å². The van der Waals surface area contributed by atoms with Gasteiger partial charge in [0.15, 0.2) is 0 Å². The van der Waals surface area contributed by atoms with Gasteiger partial charge in [-0.1, -0.05) is 12.1 Å². The van der Waals surface area contributed by atoms with Gasteiger partial charge in [-0.05, 0) is 25.0 Å². The number of nitrogens with two attached hydrogens (primary N) is 1. The fourth-order valence-corrected chi connectivity index (χ4v) is 3.37. The quantitative estimate of drug-likeness (QED) is 0.887. The van der Waals surface area contributed by atoms with Crippen LogP contribution in [0.25, 0.3) is 10.2 Å². The predicted molar refractivity (Wildman–Crippen MR) is 70.3 cm³/mol. The molecule has 0 bridgehead atoms. The van der Waals surface area contributed by atoms with E-state index in [4.69, 9.17) is 10.5 Å². The molecule has 0 amide bonds. The van der Waals surface area contributed by atoms with Crippen molar-refractivity contribution in [1.82, 2.24) is 4.98 Å². The van der Waals surface area contributed by atoms with Crippen LogP contribution >= 0.6 is 11.3 Å². The van der Waals surface area contributed by atoms with E-state index in [0.717, 1.165) is 43.0 Å². The van der Waals surface area contributed by atoms with E-state index < -0.39 is 0 Å². The number of aromatic nitrogens is 1. The Bertz CT molecular complexity index is 484. The van der Waals surface area contributed by atoms with Crippen molar-refractivity contribution in [3.63, 3.8) is 0 Å². The SMILES string of the molecule is NC1(Cc2nc3ccccc3s2)CCOCC1. The van der Waals surface area contributed by atoms with Gasteiger partial charge >= 0.3 is 0 Å². The maximum absolute atomic E-state index is 6.40. The molecule has 2 aromatic rings. The van der Waals surface area contributed by atoms with Crippen LogP contribution in [0, 0.1) is 0 Å². The topological polar surface area (TPSA) is 48.1 Å². The van der Waals surface area contributed by atoms with Crippen LogP contribution in [0.4, 0.5) is 0 Å². The second-order valence-electron chi connectivity index (χ2n) is 4.73. The molecule has 1 fully saturated rings. The first-order chi connectivity index (χ1) is 8.25. The van der Waals surface area contributed by atoms with Crippen molar-refractivity contribution in [2.75, 3.05) is 13.2 Å². The average molecular weight is 248 g/mol. The molecule has 0 unspecified atom stereocenters. The summed E-state index contributed by atoms with van der Waals surface area (Å²) in [4.78, 5) is 4.65. The molecule has 1 aliphatic heterocycles. The lowest BCUT2D eigenvalue weighted by Gasteiger charge is -2.32. The number of thiazole rings is 1. The van der Waals surface area contributed by atoms with Crippen LogP contribution in [-0.4, -0.2) is 23.7 Å². The van der Waals surface area contributed by atoms with Crippen LogP contribution in [0.1, 0.15) is 17.8 Å². The van der Waals surface area contributed by atoms with E-state index in [-0.39, 0.29) is 5.54 Å². The maximum atomic E-state index is 6.40. The highest BCUT2D eigenvalue weighted by Gasteiger charge is 2.29. The Morgan fingerprint density at radius 1 is 1.29 bits per heavy atom. The van der Waals surface area contributed by atoms with Gasteiger partial charge in [0.25, 0.3) is 0 Å². The van der Waals surface area contributed by atoms with Gasteiger partial charge in [-0.3, -0.25) is 0 Å².